The lowest BCUT2D eigenvalue weighted by atomic mass is 9.97. The normalized spacial score (nSPS) is 17.2. The summed E-state index contributed by atoms with van der Waals surface area (Å²) >= 11 is 0. The van der Waals surface area contributed by atoms with Crippen molar-refractivity contribution >= 4 is 17.4 Å². The van der Waals surface area contributed by atoms with E-state index >= 15 is 0 Å². The SMILES string of the molecule is O=C(NCCCc1ccccc1)[C@@H]1CCCN(c2ccc3nncn3n2)C1. The van der Waals surface area contributed by atoms with Crippen LogP contribution >= 0.6 is 0 Å². The number of carbonyl (C=O) groups is 1. The molecule has 1 aliphatic heterocycles. The van der Waals surface area contributed by atoms with E-state index in [1.54, 1.807) is 10.8 Å². The molecule has 0 aliphatic carbocycles. The van der Waals surface area contributed by atoms with Crippen LogP contribution in [0.3, 0.4) is 0 Å². The average molecular weight is 364 g/mol. The molecule has 140 valence electrons. The monoisotopic (exact) mass is 364 g/mol. The molecule has 0 radical (unpaired) electrons. The number of nitrogens with one attached hydrogen (secondary N) is 1. The van der Waals surface area contributed by atoms with Gasteiger partial charge in [-0.15, -0.1) is 15.3 Å². The Kier molecular flexibility index (Phi) is 5.27. The van der Waals surface area contributed by atoms with E-state index in [4.69, 9.17) is 0 Å². The van der Waals surface area contributed by atoms with Crippen molar-refractivity contribution in [1.82, 2.24) is 25.1 Å². The number of amides is 1. The smallest absolute Gasteiger partial charge is 0.224 e. The Balaban J connectivity index is 1.29. The van der Waals surface area contributed by atoms with Crippen LogP contribution in [0.1, 0.15) is 24.8 Å². The van der Waals surface area contributed by atoms with Gasteiger partial charge in [0.1, 0.15) is 12.1 Å². The van der Waals surface area contributed by atoms with Gasteiger partial charge >= 0.3 is 0 Å². The highest BCUT2D eigenvalue weighted by Crippen LogP contribution is 2.22. The molecule has 0 bridgehead atoms. The van der Waals surface area contributed by atoms with Gasteiger partial charge in [0.05, 0.1) is 5.92 Å². The maximum absolute atomic E-state index is 12.6. The lowest BCUT2D eigenvalue weighted by Crippen LogP contribution is -2.43. The van der Waals surface area contributed by atoms with Crippen molar-refractivity contribution in [2.24, 2.45) is 5.92 Å². The maximum atomic E-state index is 12.6. The van der Waals surface area contributed by atoms with Crippen molar-refractivity contribution < 1.29 is 4.79 Å². The molecule has 0 saturated carbocycles. The van der Waals surface area contributed by atoms with Gasteiger partial charge in [0, 0.05) is 19.6 Å². The van der Waals surface area contributed by atoms with Crippen LogP contribution in [0.25, 0.3) is 5.65 Å². The van der Waals surface area contributed by atoms with E-state index in [0.29, 0.717) is 6.54 Å². The van der Waals surface area contributed by atoms with Gasteiger partial charge in [-0.05, 0) is 43.4 Å². The van der Waals surface area contributed by atoms with E-state index < -0.39 is 0 Å². The average Bonchev–Trinajstić information content (AvgIpc) is 3.20. The van der Waals surface area contributed by atoms with Gasteiger partial charge in [-0.2, -0.15) is 4.52 Å². The van der Waals surface area contributed by atoms with Crippen molar-refractivity contribution in [1.29, 1.82) is 0 Å². The van der Waals surface area contributed by atoms with E-state index in [0.717, 1.165) is 50.2 Å². The predicted octanol–water partition coefficient (Wildman–Crippen LogP) is 2.09. The Labute approximate surface area is 158 Å². The molecule has 1 N–H and O–H groups in total. The zero-order chi connectivity index (χ0) is 18.5. The number of benzene rings is 1. The standard InChI is InChI=1S/C20H24N6O/c27-20(21-12-4-8-16-6-2-1-3-7-16)17-9-5-13-25(14-17)19-11-10-18-23-22-15-26(18)24-19/h1-3,6-7,10-11,15,17H,4-5,8-9,12-14H2,(H,21,27)/t17-/m1/s1. The van der Waals surface area contributed by atoms with Crippen LogP contribution in [0.4, 0.5) is 5.82 Å². The van der Waals surface area contributed by atoms with E-state index in [1.165, 1.54) is 5.56 Å². The fourth-order valence-electron chi connectivity index (χ4n) is 3.58. The van der Waals surface area contributed by atoms with Crippen LogP contribution < -0.4 is 10.2 Å². The molecule has 1 fully saturated rings. The van der Waals surface area contributed by atoms with Gasteiger partial charge in [0.2, 0.25) is 5.91 Å². The van der Waals surface area contributed by atoms with Gasteiger partial charge < -0.3 is 10.2 Å². The van der Waals surface area contributed by atoms with Crippen LogP contribution in [0, 0.1) is 5.92 Å². The summed E-state index contributed by atoms with van der Waals surface area (Å²) in [6, 6.07) is 14.2. The highest BCUT2D eigenvalue weighted by atomic mass is 16.1. The number of anilines is 1. The first-order valence-electron chi connectivity index (χ1n) is 9.53. The van der Waals surface area contributed by atoms with Crippen molar-refractivity contribution in [3.8, 4) is 0 Å². The summed E-state index contributed by atoms with van der Waals surface area (Å²) in [5.74, 6) is 1.02. The van der Waals surface area contributed by atoms with E-state index in [2.05, 4.69) is 49.8 Å². The fraction of sp³-hybridized carbons (Fsp3) is 0.400. The number of nitrogens with zero attached hydrogens (tertiary/aromatic N) is 5. The largest absolute Gasteiger partial charge is 0.356 e. The van der Waals surface area contributed by atoms with E-state index in [1.807, 2.05) is 18.2 Å². The van der Waals surface area contributed by atoms with Gasteiger partial charge in [0.15, 0.2) is 5.65 Å². The molecule has 3 aromatic rings. The summed E-state index contributed by atoms with van der Waals surface area (Å²) < 4.78 is 1.67. The Morgan fingerprint density at radius 2 is 2.07 bits per heavy atom. The second-order valence-corrected chi connectivity index (χ2v) is 6.99. The quantitative estimate of drug-likeness (QED) is 0.678. The minimum atomic E-state index is 0.00823. The van der Waals surface area contributed by atoms with Gasteiger partial charge in [0.25, 0.3) is 0 Å². The predicted molar refractivity (Wildman–Crippen MR) is 103 cm³/mol. The number of hydrogen-bond acceptors (Lipinski definition) is 5. The fourth-order valence-corrected chi connectivity index (χ4v) is 3.58. The highest BCUT2D eigenvalue weighted by molar-refractivity contribution is 5.79. The third-order valence-electron chi connectivity index (χ3n) is 5.05. The third kappa shape index (κ3) is 4.24. The van der Waals surface area contributed by atoms with Crippen molar-refractivity contribution in [2.75, 3.05) is 24.5 Å². The molecule has 4 rings (SSSR count). The number of piperidine rings is 1. The third-order valence-corrected chi connectivity index (χ3v) is 5.05. The summed E-state index contributed by atoms with van der Waals surface area (Å²) in [6.45, 7) is 2.33. The number of hydrogen-bond donors (Lipinski definition) is 1. The molecule has 2 aromatic heterocycles. The number of carbonyl (C=O) groups excluding carboxylic acids is 1. The molecule has 1 amide bonds. The molecule has 0 unspecified atom stereocenters. The lowest BCUT2D eigenvalue weighted by Gasteiger charge is -2.32. The molecular weight excluding hydrogens is 340 g/mol. The zero-order valence-electron chi connectivity index (χ0n) is 15.3. The molecule has 1 atom stereocenters. The van der Waals surface area contributed by atoms with E-state index in [-0.39, 0.29) is 11.8 Å². The summed E-state index contributed by atoms with van der Waals surface area (Å²) in [5.41, 5.74) is 2.04. The first kappa shape index (κ1) is 17.5. The van der Waals surface area contributed by atoms with Crippen LogP contribution in [-0.2, 0) is 11.2 Å². The topological polar surface area (TPSA) is 75.4 Å². The Morgan fingerprint density at radius 1 is 1.19 bits per heavy atom. The number of fused-ring (bicyclic) bond motifs is 1. The first-order valence-corrected chi connectivity index (χ1v) is 9.53. The van der Waals surface area contributed by atoms with Gasteiger partial charge in [-0.1, -0.05) is 30.3 Å². The summed E-state index contributed by atoms with van der Waals surface area (Å²) in [5, 5.41) is 15.5. The van der Waals surface area contributed by atoms with Gasteiger partial charge in [-0.25, -0.2) is 0 Å². The van der Waals surface area contributed by atoms with Crippen molar-refractivity contribution in [3.05, 3.63) is 54.4 Å². The molecular formula is C20H24N6O. The number of aryl methyl sites for hydroxylation is 1. The molecule has 3 heterocycles. The van der Waals surface area contributed by atoms with Crippen LogP contribution in [0.15, 0.2) is 48.8 Å². The van der Waals surface area contributed by atoms with Crippen LogP contribution in [-0.4, -0.2) is 45.4 Å². The zero-order valence-corrected chi connectivity index (χ0v) is 15.3. The number of rotatable bonds is 6. The second kappa shape index (κ2) is 8.16. The van der Waals surface area contributed by atoms with Crippen molar-refractivity contribution in [3.63, 3.8) is 0 Å². The Bertz CT molecular complexity index is 894. The summed E-state index contributed by atoms with van der Waals surface area (Å²) in [4.78, 5) is 14.8. The van der Waals surface area contributed by atoms with Gasteiger partial charge in [-0.3, -0.25) is 4.79 Å². The van der Waals surface area contributed by atoms with Crippen LogP contribution in [0.5, 0.6) is 0 Å². The summed E-state index contributed by atoms with van der Waals surface area (Å²) in [7, 11) is 0. The van der Waals surface area contributed by atoms with Crippen LogP contribution in [0.2, 0.25) is 0 Å². The second-order valence-electron chi connectivity index (χ2n) is 6.99. The van der Waals surface area contributed by atoms with E-state index in [9.17, 15) is 4.79 Å². The molecule has 27 heavy (non-hydrogen) atoms. The molecule has 7 nitrogen and oxygen atoms in total. The van der Waals surface area contributed by atoms with Crippen molar-refractivity contribution in [2.45, 2.75) is 25.7 Å². The Morgan fingerprint density at radius 3 is 2.96 bits per heavy atom. The molecule has 1 aliphatic rings. The first-order chi connectivity index (χ1) is 13.3. The molecule has 1 aromatic carbocycles. The molecule has 7 heteroatoms. The summed E-state index contributed by atoms with van der Waals surface area (Å²) in [6.07, 6.45) is 5.46. The highest BCUT2D eigenvalue weighted by Gasteiger charge is 2.26. The maximum Gasteiger partial charge on any atom is 0.224 e. The lowest BCUT2D eigenvalue weighted by molar-refractivity contribution is -0.125. The molecule has 1 saturated heterocycles. The number of aromatic nitrogens is 4. The minimum Gasteiger partial charge on any atom is -0.356 e. The Hall–Kier alpha value is -2.96. The minimum absolute atomic E-state index is 0.00823. The molecule has 0 spiro atoms.